The molecule has 0 saturated carbocycles. The molecule has 1 aliphatic heterocycles. The van der Waals surface area contributed by atoms with Crippen molar-refractivity contribution in [3.8, 4) is 11.5 Å². The van der Waals surface area contributed by atoms with Crippen molar-refractivity contribution in [1.82, 2.24) is 4.90 Å². The highest BCUT2D eigenvalue weighted by Crippen LogP contribution is 2.28. The molecule has 3 heteroatoms. The second-order valence-corrected chi connectivity index (χ2v) is 5.20. The highest BCUT2D eigenvalue weighted by atomic mass is 16.5. The second-order valence-electron chi connectivity index (χ2n) is 5.20. The van der Waals surface area contributed by atoms with E-state index in [0.717, 1.165) is 17.9 Å². The summed E-state index contributed by atoms with van der Waals surface area (Å²) in [6.45, 7) is 3.78. The Morgan fingerprint density at radius 1 is 1.00 bits per heavy atom. The molecule has 1 saturated heterocycles. The maximum absolute atomic E-state index is 5.34. The van der Waals surface area contributed by atoms with Crippen molar-refractivity contribution in [2.75, 3.05) is 33.9 Å². The van der Waals surface area contributed by atoms with Crippen LogP contribution in [0.1, 0.15) is 31.2 Å². The normalized spacial score (nSPS) is 16.3. The van der Waals surface area contributed by atoms with Crippen LogP contribution in [-0.2, 0) is 6.42 Å². The first-order chi connectivity index (χ1) is 9.33. The second kappa shape index (κ2) is 7.39. The molecule has 1 aromatic rings. The molecular weight excluding hydrogens is 238 g/mol. The maximum Gasteiger partial charge on any atom is 0.160 e. The van der Waals surface area contributed by atoms with Crippen molar-refractivity contribution in [1.29, 1.82) is 0 Å². The minimum absolute atomic E-state index is 0.808. The molecule has 0 aromatic heterocycles. The van der Waals surface area contributed by atoms with Crippen LogP contribution in [0.5, 0.6) is 11.5 Å². The predicted molar refractivity (Wildman–Crippen MR) is 78.2 cm³/mol. The minimum Gasteiger partial charge on any atom is -0.493 e. The average Bonchev–Trinajstić information content (AvgIpc) is 2.48. The van der Waals surface area contributed by atoms with Gasteiger partial charge in [0.25, 0.3) is 0 Å². The molecule has 3 nitrogen and oxygen atoms in total. The molecule has 1 aliphatic rings. The Hall–Kier alpha value is -1.22. The molecule has 0 atom stereocenters. The van der Waals surface area contributed by atoms with Gasteiger partial charge < -0.3 is 14.4 Å². The first kappa shape index (κ1) is 14.2. The number of aryl methyl sites for hydroxylation is 1. The molecule has 1 fully saturated rings. The predicted octanol–water partition coefficient (Wildman–Crippen LogP) is 3.12. The van der Waals surface area contributed by atoms with E-state index in [-0.39, 0.29) is 0 Å². The number of methoxy groups -OCH3 is 2. The van der Waals surface area contributed by atoms with Crippen LogP contribution >= 0.6 is 0 Å². The zero-order chi connectivity index (χ0) is 13.5. The van der Waals surface area contributed by atoms with E-state index in [1.54, 1.807) is 14.2 Å². The molecule has 0 N–H and O–H groups in total. The summed E-state index contributed by atoms with van der Waals surface area (Å²) < 4.78 is 10.6. The van der Waals surface area contributed by atoms with Gasteiger partial charge in [0.15, 0.2) is 11.5 Å². The Kier molecular flexibility index (Phi) is 5.52. The van der Waals surface area contributed by atoms with Gasteiger partial charge in [0.05, 0.1) is 14.2 Å². The zero-order valence-electron chi connectivity index (χ0n) is 12.2. The van der Waals surface area contributed by atoms with E-state index in [1.165, 1.54) is 50.9 Å². The summed E-state index contributed by atoms with van der Waals surface area (Å²) in [7, 11) is 3.36. The summed E-state index contributed by atoms with van der Waals surface area (Å²) in [5.74, 6) is 1.64. The van der Waals surface area contributed by atoms with Crippen LogP contribution in [0.25, 0.3) is 0 Å². The minimum atomic E-state index is 0.808. The van der Waals surface area contributed by atoms with Gasteiger partial charge in [-0.25, -0.2) is 0 Å². The Morgan fingerprint density at radius 2 is 1.74 bits per heavy atom. The van der Waals surface area contributed by atoms with Gasteiger partial charge >= 0.3 is 0 Å². The van der Waals surface area contributed by atoms with Gasteiger partial charge in [-0.15, -0.1) is 0 Å². The van der Waals surface area contributed by atoms with Gasteiger partial charge in [0, 0.05) is 0 Å². The highest BCUT2D eigenvalue weighted by Gasteiger charge is 2.09. The van der Waals surface area contributed by atoms with E-state index in [1.807, 2.05) is 6.07 Å². The summed E-state index contributed by atoms with van der Waals surface area (Å²) in [6, 6.07) is 6.22. The van der Waals surface area contributed by atoms with Gasteiger partial charge in [-0.1, -0.05) is 12.5 Å². The summed E-state index contributed by atoms with van der Waals surface area (Å²) in [4.78, 5) is 2.59. The summed E-state index contributed by atoms with van der Waals surface area (Å²) in [5.41, 5.74) is 1.33. The number of ether oxygens (including phenoxy) is 2. The van der Waals surface area contributed by atoms with Gasteiger partial charge in [-0.05, 0) is 63.0 Å². The van der Waals surface area contributed by atoms with Crippen LogP contribution in [0.2, 0.25) is 0 Å². The summed E-state index contributed by atoms with van der Waals surface area (Å²) in [5, 5.41) is 0. The molecule has 0 spiro atoms. The molecule has 0 bridgehead atoms. The van der Waals surface area contributed by atoms with Crippen molar-refractivity contribution in [3.63, 3.8) is 0 Å². The quantitative estimate of drug-likeness (QED) is 0.787. The lowest BCUT2D eigenvalue weighted by Crippen LogP contribution is -2.30. The maximum atomic E-state index is 5.34. The van der Waals surface area contributed by atoms with Crippen molar-refractivity contribution in [2.24, 2.45) is 0 Å². The fourth-order valence-electron chi connectivity index (χ4n) is 2.73. The van der Waals surface area contributed by atoms with Gasteiger partial charge in [-0.3, -0.25) is 0 Å². The van der Waals surface area contributed by atoms with Crippen molar-refractivity contribution >= 4 is 0 Å². The third-order valence-electron chi connectivity index (χ3n) is 3.84. The van der Waals surface area contributed by atoms with E-state index in [2.05, 4.69) is 17.0 Å². The standard InChI is InChI=1S/C16H25NO2/c1-18-15-9-8-14(13-16(15)19-2)7-6-12-17-10-4-3-5-11-17/h8-9,13H,3-7,10-12H2,1-2H3. The monoisotopic (exact) mass is 263 g/mol. The van der Waals surface area contributed by atoms with Crippen LogP contribution < -0.4 is 9.47 Å². The van der Waals surface area contributed by atoms with Gasteiger partial charge in [0.2, 0.25) is 0 Å². The number of hydrogen-bond acceptors (Lipinski definition) is 3. The smallest absolute Gasteiger partial charge is 0.160 e. The topological polar surface area (TPSA) is 21.7 Å². The third kappa shape index (κ3) is 4.13. The first-order valence-corrected chi connectivity index (χ1v) is 7.27. The van der Waals surface area contributed by atoms with Crippen molar-refractivity contribution in [3.05, 3.63) is 23.8 Å². The SMILES string of the molecule is COc1ccc(CCCN2CCCCC2)cc1OC. The van der Waals surface area contributed by atoms with Crippen LogP contribution in [0.3, 0.4) is 0 Å². The first-order valence-electron chi connectivity index (χ1n) is 7.27. The fourth-order valence-corrected chi connectivity index (χ4v) is 2.73. The zero-order valence-corrected chi connectivity index (χ0v) is 12.2. The van der Waals surface area contributed by atoms with Crippen LogP contribution in [-0.4, -0.2) is 38.8 Å². The lowest BCUT2D eigenvalue weighted by Gasteiger charge is -2.26. The average molecular weight is 263 g/mol. The molecule has 2 rings (SSSR count). The summed E-state index contributed by atoms with van der Waals surface area (Å²) >= 11 is 0. The number of piperidine rings is 1. The van der Waals surface area contributed by atoms with E-state index in [9.17, 15) is 0 Å². The number of rotatable bonds is 6. The lowest BCUT2D eigenvalue weighted by molar-refractivity contribution is 0.226. The molecule has 0 unspecified atom stereocenters. The van der Waals surface area contributed by atoms with Gasteiger partial charge in [0.1, 0.15) is 0 Å². The van der Waals surface area contributed by atoms with E-state index in [0.29, 0.717) is 0 Å². The van der Waals surface area contributed by atoms with Crippen LogP contribution in [0.4, 0.5) is 0 Å². The Morgan fingerprint density at radius 3 is 2.42 bits per heavy atom. The molecule has 0 radical (unpaired) electrons. The third-order valence-corrected chi connectivity index (χ3v) is 3.84. The Balaban J connectivity index is 1.81. The molecule has 19 heavy (non-hydrogen) atoms. The van der Waals surface area contributed by atoms with Crippen molar-refractivity contribution < 1.29 is 9.47 Å². The molecule has 1 aromatic carbocycles. The molecule has 1 heterocycles. The number of nitrogens with zero attached hydrogens (tertiary/aromatic N) is 1. The number of hydrogen-bond donors (Lipinski definition) is 0. The number of benzene rings is 1. The number of likely N-dealkylation sites (tertiary alicyclic amines) is 1. The molecular formula is C16H25NO2. The van der Waals surface area contributed by atoms with Crippen molar-refractivity contribution in [2.45, 2.75) is 32.1 Å². The van der Waals surface area contributed by atoms with Crippen LogP contribution in [0.15, 0.2) is 18.2 Å². The highest BCUT2D eigenvalue weighted by molar-refractivity contribution is 5.42. The lowest BCUT2D eigenvalue weighted by atomic mass is 10.1. The summed E-state index contributed by atoms with van der Waals surface area (Å²) in [6.07, 6.45) is 6.48. The molecule has 0 amide bonds. The molecule has 0 aliphatic carbocycles. The largest absolute Gasteiger partial charge is 0.493 e. The Bertz CT molecular complexity index is 386. The fraction of sp³-hybridized carbons (Fsp3) is 0.625. The van der Waals surface area contributed by atoms with E-state index >= 15 is 0 Å². The Labute approximate surface area is 116 Å². The van der Waals surface area contributed by atoms with E-state index < -0.39 is 0 Å². The van der Waals surface area contributed by atoms with E-state index in [4.69, 9.17) is 9.47 Å². The molecule has 106 valence electrons. The van der Waals surface area contributed by atoms with Crippen LogP contribution in [0, 0.1) is 0 Å². The van der Waals surface area contributed by atoms with Gasteiger partial charge in [-0.2, -0.15) is 0 Å².